The Morgan fingerprint density at radius 3 is 2.17 bits per heavy atom. The maximum atomic E-state index is 13.4. The van der Waals surface area contributed by atoms with E-state index in [1.807, 2.05) is 90.1 Å². The van der Waals surface area contributed by atoms with E-state index in [0.717, 1.165) is 43.5 Å². The first kappa shape index (κ1) is 23.7. The lowest BCUT2D eigenvalue weighted by atomic mass is 9.89. The van der Waals surface area contributed by atoms with Gasteiger partial charge in [0.1, 0.15) is 11.2 Å². The number of carbonyl (C=O) groups excluding carboxylic acids is 2. The van der Waals surface area contributed by atoms with Gasteiger partial charge in [0.2, 0.25) is 0 Å². The van der Waals surface area contributed by atoms with Crippen molar-refractivity contribution in [3.8, 4) is 0 Å². The number of carbonyl (C=O) groups is 2. The summed E-state index contributed by atoms with van der Waals surface area (Å²) < 4.78 is 14.0. The van der Waals surface area contributed by atoms with E-state index < -0.39 is 17.3 Å². The van der Waals surface area contributed by atoms with Crippen LogP contribution in [0.2, 0.25) is 0 Å². The fourth-order valence-electron chi connectivity index (χ4n) is 4.94. The molecule has 1 amide bonds. The Bertz CT molecular complexity index is 1400. The number of aromatic nitrogens is 1. The second kappa shape index (κ2) is 7.98. The van der Waals surface area contributed by atoms with Crippen molar-refractivity contribution in [2.45, 2.75) is 65.2 Å². The summed E-state index contributed by atoms with van der Waals surface area (Å²) in [4.78, 5) is 28.6. The van der Waals surface area contributed by atoms with Crippen molar-refractivity contribution >= 4 is 54.8 Å². The Morgan fingerprint density at radius 1 is 0.886 bits per heavy atom. The number of halogens is 1. The van der Waals surface area contributed by atoms with Crippen LogP contribution >= 0.6 is 15.9 Å². The summed E-state index contributed by atoms with van der Waals surface area (Å²) in [6.07, 6.45) is -0.268. The number of benzene rings is 2. The van der Waals surface area contributed by atoms with Crippen LogP contribution in [0, 0.1) is 0 Å². The van der Waals surface area contributed by atoms with Gasteiger partial charge >= 0.3 is 12.2 Å². The molecule has 1 unspecified atom stereocenters. The summed E-state index contributed by atoms with van der Waals surface area (Å²) in [5, 5.41) is 0.962. The largest absolute Gasteiger partial charge is 0.443 e. The second-order valence-corrected chi connectivity index (χ2v) is 11.8. The highest BCUT2D eigenvalue weighted by Gasteiger charge is 2.45. The van der Waals surface area contributed by atoms with Crippen molar-refractivity contribution in [3.63, 3.8) is 0 Å². The van der Waals surface area contributed by atoms with E-state index in [9.17, 15) is 9.59 Å². The minimum Gasteiger partial charge on any atom is -0.443 e. The first-order chi connectivity index (χ1) is 16.4. The maximum Gasteiger partial charge on any atom is 0.419 e. The standard InChI is InChI=1S/C28H29BrN2O4/c1-27(2,3)34-25(32)30-20-14-10-8-12-17(20)22-21(30)15-18-16-11-7-9-13-19(16)31(24(18)23(22)29)26(33)35-28(4,5)6/h7-14,21H,15H2,1-6H3. The van der Waals surface area contributed by atoms with Crippen LogP contribution in [-0.2, 0) is 15.9 Å². The normalized spacial score (nSPS) is 17.2. The lowest BCUT2D eigenvalue weighted by molar-refractivity contribution is 0.0538. The number of fused-ring (bicyclic) bond motifs is 6. The van der Waals surface area contributed by atoms with E-state index in [-0.39, 0.29) is 12.1 Å². The van der Waals surface area contributed by atoms with E-state index in [1.54, 1.807) is 9.47 Å². The van der Waals surface area contributed by atoms with Gasteiger partial charge in [0.25, 0.3) is 0 Å². The third-order valence-electron chi connectivity index (χ3n) is 6.09. The van der Waals surface area contributed by atoms with Crippen molar-refractivity contribution in [3.05, 3.63) is 65.4 Å². The zero-order valence-corrected chi connectivity index (χ0v) is 22.4. The van der Waals surface area contributed by atoms with Gasteiger partial charge in [-0.15, -0.1) is 0 Å². The first-order valence-corrected chi connectivity index (χ1v) is 12.5. The van der Waals surface area contributed by atoms with Gasteiger partial charge in [-0.05, 0) is 75.2 Å². The van der Waals surface area contributed by atoms with Crippen molar-refractivity contribution in [1.29, 1.82) is 0 Å². The molecule has 35 heavy (non-hydrogen) atoms. The number of hydrogen-bond acceptors (Lipinski definition) is 4. The summed E-state index contributed by atoms with van der Waals surface area (Å²) in [6.45, 7) is 11.2. The molecule has 182 valence electrons. The van der Waals surface area contributed by atoms with Crippen molar-refractivity contribution in [2.24, 2.45) is 0 Å². The molecule has 6 nitrogen and oxygen atoms in total. The molecule has 3 aromatic rings. The Morgan fingerprint density at radius 2 is 1.49 bits per heavy atom. The van der Waals surface area contributed by atoms with Crippen molar-refractivity contribution in [2.75, 3.05) is 4.90 Å². The Labute approximate surface area is 213 Å². The van der Waals surface area contributed by atoms with Gasteiger partial charge in [0, 0.05) is 27.4 Å². The van der Waals surface area contributed by atoms with Crippen LogP contribution in [0.15, 0.2) is 48.5 Å². The monoisotopic (exact) mass is 536 g/mol. The summed E-state index contributed by atoms with van der Waals surface area (Å²) in [7, 11) is 0. The maximum absolute atomic E-state index is 13.4. The van der Waals surface area contributed by atoms with E-state index in [1.165, 1.54) is 0 Å². The molecule has 0 fully saturated rings. The quantitative estimate of drug-likeness (QED) is 0.301. The Kier molecular flexibility index (Phi) is 5.40. The number of rotatable bonds is 0. The highest BCUT2D eigenvalue weighted by Crippen LogP contribution is 2.52. The fourth-order valence-corrected chi connectivity index (χ4v) is 5.84. The van der Waals surface area contributed by atoms with Crippen LogP contribution in [0.4, 0.5) is 15.3 Å². The van der Waals surface area contributed by atoms with Crippen molar-refractivity contribution in [1.82, 2.24) is 4.57 Å². The number of hydrogen-bond donors (Lipinski definition) is 0. The minimum absolute atomic E-state index is 0.262. The van der Waals surface area contributed by atoms with E-state index in [4.69, 9.17) is 9.47 Å². The third kappa shape index (κ3) is 3.96. The topological polar surface area (TPSA) is 60.8 Å². The highest BCUT2D eigenvalue weighted by atomic mass is 79.9. The van der Waals surface area contributed by atoms with E-state index >= 15 is 0 Å². The first-order valence-electron chi connectivity index (χ1n) is 11.7. The molecule has 0 N–H and O–H groups in total. The van der Waals surface area contributed by atoms with Gasteiger partial charge in [-0.3, -0.25) is 4.90 Å². The number of anilines is 1. The van der Waals surface area contributed by atoms with Crippen LogP contribution in [-0.4, -0.2) is 34.0 Å². The van der Waals surface area contributed by atoms with Crippen LogP contribution in [0.25, 0.3) is 21.0 Å². The van der Waals surface area contributed by atoms with E-state index in [2.05, 4.69) is 15.9 Å². The molecule has 2 heterocycles. The number of nitrogens with zero attached hydrogens (tertiary/aromatic N) is 2. The van der Waals surface area contributed by atoms with Crippen LogP contribution in [0.1, 0.15) is 58.4 Å². The lowest BCUT2D eigenvalue weighted by Crippen LogP contribution is -2.43. The van der Waals surface area contributed by atoms with Gasteiger partial charge in [-0.1, -0.05) is 36.4 Å². The Balaban J connectivity index is 1.74. The minimum atomic E-state index is -0.639. The lowest BCUT2D eigenvalue weighted by Gasteiger charge is -2.31. The van der Waals surface area contributed by atoms with Crippen LogP contribution in [0.3, 0.4) is 0 Å². The smallest absolute Gasteiger partial charge is 0.419 e. The molecule has 1 aliphatic heterocycles. The number of para-hydroxylation sites is 2. The van der Waals surface area contributed by atoms with Crippen LogP contribution < -0.4 is 4.90 Å². The summed E-state index contributed by atoms with van der Waals surface area (Å²) in [5.74, 6) is 0. The molecule has 5 rings (SSSR count). The summed E-state index contributed by atoms with van der Waals surface area (Å²) in [5.41, 5.74) is 4.00. The zero-order chi connectivity index (χ0) is 25.3. The second-order valence-electron chi connectivity index (χ2n) is 11.0. The molecule has 2 aliphatic rings. The molecule has 0 saturated heterocycles. The number of amides is 1. The molecule has 1 atom stereocenters. The molecular weight excluding hydrogens is 508 g/mol. The van der Waals surface area contributed by atoms with Gasteiger partial charge in [-0.2, -0.15) is 0 Å². The molecule has 1 aromatic heterocycles. The molecule has 0 spiro atoms. The molecule has 0 radical (unpaired) electrons. The number of ether oxygens (including phenoxy) is 2. The zero-order valence-electron chi connectivity index (χ0n) is 20.8. The highest BCUT2D eigenvalue weighted by molar-refractivity contribution is 9.15. The molecule has 1 aliphatic carbocycles. The molecular formula is C28H29BrN2O4. The fraction of sp³-hybridized carbons (Fsp3) is 0.357. The molecule has 7 heteroatoms. The van der Waals surface area contributed by atoms with Gasteiger partial charge in [0.15, 0.2) is 0 Å². The average Bonchev–Trinajstić information content (AvgIpc) is 3.25. The summed E-state index contributed by atoms with van der Waals surface area (Å²) in [6, 6.07) is 15.4. The summed E-state index contributed by atoms with van der Waals surface area (Å²) >= 11 is 3.85. The van der Waals surface area contributed by atoms with E-state index in [0.29, 0.717) is 6.42 Å². The van der Waals surface area contributed by atoms with Crippen molar-refractivity contribution < 1.29 is 19.1 Å². The molecule has 2 aromatic carbocycles. The Hall–Kier alpha value is -3.06. The molecule has 0 bridgehead atoms. The van der Waals surface area contributed by atoms with Gasteiger partial charge in [0.05, 0.1) is 22.9 Å². The SMILES string of the molecule is CC(C)(C)OC(=O)N1c2ccccc2C2=C(Br)c3c(c4ccccc4n3C(=O)OC(C)(C)C)CC21. The van der Waals surface area contributed by atoms with Crippen LogP contribution in [0.5, 0.6) is 0 Å². The predicted molar refractivity (Wildman–Crippen MR) is 142 cm³/mol. The van der Waals surface area contributed by atoms with Gasteiger partial charge in [-0.25, -0.2) is 14.2 Å². The molecule has 0 saturated carbocycles. The predicted octanol–water partition coefficient (Wildman–Crippen LogP) is 7.37. The van der Waals surface area contributed by atoms with Gasteiger partial charge < -0.3 is 9.47 Å². The third-order valence-corrected chi connectivity index (χ3v) is 6.89. The average molecular weight is 537 g/mol.